The number of halogens is 3. The Labute approximate surface area is 97.1 Å². The van der Waals surface area contributed by atoms with E-state index in [2.05, 4.69) is 15.0 Å². The summed E-state index contributed by atoms with van der Waals surface area (Å²) in [7, 11) is 0. The monoisotopic (exact) mass is 263 g/mol. The van der Waals surface area contributed by atoms with E-state index in [4.69, 9.17) is 11.6 Å². The molecule has 0 saturated carbocycles. The van der Waals surface area contributed by atoms with Crippen molar-refractivity contribution in [3.8, 4) is 0 Å². The molecular formula is C8H4ClF2N3OS. The Bertz CT molecular complexity index is 631. The van der Waals surface area contributed by atoms with Crippen LogP contribution in [0.15, 0.2) is 9.95 Å². The van der Waals surface area contributed by atoms with Crippen LogP contribution >= 0.6 is 23.4 Å². The van der Waals surface area contributed by atoms with E-state index in [0.717, 1.165) is 11.8 Å². The van der Waals surface area contributed by atoms with Crippen molar-refractivity contribution in [2.75, 3.05) is 6.26 Å². The normalized spacial score (nSPS) is 11.0. The third kappa shape index (κ3) is 1.65. The summed E-state index contributed by atoms with van der Waals surface area (Å²) in [6.45, 7) is 0. The molecule has 2 aromatic heterocycles. The van der Waals surface area contributed by atoms with Crippen molar-refractivity contribution in [1.82, 2.24) is 15.0 Å². The summed E-state index contributed by atoms with van der Waals surface area (Å²) in [5.41, 5.74) is -1.19. The molecule has 4 nitrogen and oxygen atoms in total. The fourth-order valence-electron chi connectivity index (χ4n) is 1.19. The van der Waals surface area contributed by atoms with Crippen LogP contribution in [0.5, 0.6) is 0 Å². The molecule has 0 aliphatic rings. The molecule has 0 spiro atoms. The van der Waals surface area contributed by atoms with Crippen molar-refractivity contribution >= 4 is 34.3 Å². The van der Waals surface area contributed by atoms with Gasteiger partial charge in [-0.05, 0) is 6.26 Å². The molecule has 0 saturated heterocycles. The summed E-state index contributed by atoms with van der Waals surface area (Å²) in [6.07, 6.45) is 1.64. The zero-order valence-electron chi connectivity index (χ0n) is 7.84. The van der Waals surface area contributed by atoms with Crippen LogP contribution in [0.25, 0.3) is 10.9 Å². The van der Waals surface area contributed by atoms with E-state index in [1.807, 2.05) is 0 Å². The second-order valence-corrected chi connectivity index (χ2v) is 3.96. The molecule has 2 aromatic rings. The Morgan fingerprint density at radius 3 is 2.69 bits per heavy atom. The SMILES string of the molecule is CSc1nc2c(F)c(Cl)nc(F)c2c(=O)[nH]1. The molecule has 16 heavy (non-hydrogen) atoms. The van der Waals surface area contributed by atoms with Gasteiger partial charge in [-0.25, -0.2) is 14.4 Å². The molecule has 0 unspecified atom stereocenters. The van der Waals surface area contributed by atoms with Crippen molar-refractivity contribution in [2.24, 2.45) is 0 Å². The maximum atomic E-state index is 13.5. The molecule has 2 rings (SSSR count). The van der Waals surface area contributed by atoms with E-state index in [9.17, 15) is 13.6 Å². The van der Waals surface area contributed by atoms with Gasteiger partial charge in [0, 0.05) is 0 Å². The first-order valence-electron chi connectivity index (χ1n) is 4.03. The van der Waals surface area contributed by atoms with E-state index in [-0.39, 0.29) is 5.16 Å². The molecule has 0 radical (unpaired) electrons. The lowest BCUT2D eigenvalue weighted by Crippen LogP contribution is -2.13. The number of aromatic amines is 1. The van der Waals surface area contributed by atoms with Crippen LogP contribution < -0.4 is 5.56 Å². The van der Waals surface area contributed by atoms with E-state index >= 15 is 0 Å². The van der Waals surface area contributed by atoms with Crippen LogP contribution in [0, 0.1) is 11.8 Å². The number of rotatable bonds is 1. The predicted octanol–water partition coefficient (Wildman–Crippen LogP) is 1.97. The zero-order valence-corrected chi connectivity index (χ0v) is 9.42. The maximum absolute atomic E-state index is 13.5. The van der Waals surface area contributed by atoms with E-state index in [0.29, 0.717) is 0 Å². The Balaban J connectivity index is 3.00. The number of aromatic nitrogens is 3. The molecule has 0 amide bonds. The average molecular weight is 264 g/mol. The van der Waals surface area contributed by atoms with Crippen molar-refractivity contribution < 1.29 is 8.78 Å². The van der Waals surface area contributed by atoms with Gasteiger partial charge in [0.25, 0.3) is 5.56 Å². The van der Waals surface area contributed by atoms with Crippen LogP contribution in [0.1, 0.15) is 0 Å². The molecule has 0 aliphatic carbocycles. The summed E-state index contributed by atoms with van der Waals surface area (Å²) < 4.78 is 26.8. The lowest BCUT2D eigenvalue weighted by Gasteiger charge is -2.02. The number of H-pyrrole nitrogens is 1. The minimum absolute atomic E-state index is 0.179. The largest absolute Gasteiger partial charge is 0.301 e. The molecule has 0 bridgehead atoms. The maximum Gasteiger partial charge on any atom is 0.264 e. The molecule has 84 valence electrons. The number of hydrogen-bond donors (Lipinski definition) is 1. The number of thioether (sulfide) groups is 1. The van der Waals surface area contributed by atoms with Crippen molar-refractivity contribution in [1.29, 1.82) is 0 Å². The highest BCUT2D eigenvalue weighted by Crippen LogP contribution is 2.21. The third-order valence-electron chi connectivity index (χ3n) is 1.88. The molecule has 0 atom stereocenters. The van der Waals surface area contributed by atoms with E-state index in [1.165, 1.54) is 0 Å². The van der Waals surface area contributed by atoms with Crippen LogP contribution in [-0.4, -0.2) is 21.2 Å². The Hall–Kier alpha value is -1.21. The van der Waals surface area contributed by atoms with Crippen molar-refractivity contribution in [3.05, 3.63) is 27.3 Å². The van der Waals surface area contributed by atoms with Crippen LogP contribution in [0.3, 0.4) is 0 Å². The lowest BCUT2D eigenvalue weighted by molar-refractivity contribution is 0.573. The number of pyridine rings is 1. The summed E-state index contributed by atoms with van der Waals surface area (Å²) >= 11 is 6.45. The van der Waals surface area contributed by atoms with Gasteiger partial charge in [-0.15, -0.1) is 0 Å². The van der Waals surface area contributed by atoms with Crippen molar-refractivity contribution in [2.45, 2.75) is 5.16 Å². The fourth-order valence-corrected chi connectivity index (χ4v) is 1.73. The summed E-state index contributed by atoms with van der Waals surface area (Å²) in [6, 6.07) is 0. The third-order valence-corrected chi connectivity index (χ3v) is 2.71. The predicted molar refractivity (Wildman–Crippen MR) is 56.9 cm³/mol. The van der Waals surface area contributed by atoms with Crippen LogP contribution in [0.4, 0.5) is 8.78 Å². The highest BCUT2D eigenvalue weighted by Gasteiger charge is 2.17. The Kier molecular flexibility index (Phi) is 2.81. The first kappa shape index (κ1) is 11.3. The Morgan fingerprint density at radius 1 is 1.38 bits per heavy atom. The van der Waals surface area contributed by atoms with Crippen LogP contribution in [-0.2, 0) is 0 Å². The molecule has 8 heteroatoms. The molecule has 0 fully saturated rings. The highest BCUT2D eigenvalue weighted by molar-refractivity contribution is 7.98. The highest BCUT2D eigenvalue weighted by atomic mass is 35.5. The quantitative estimate of drug-likeness (QED) is 0.485. The van der Waals surface area contributed by atoms with Crippen LogP contribution in [0.2, 0.25) is 5.15 Å². The minimum atomic E-state index is -1.14. The fraction of sp³-hybridized carbons (Fsp3) is 0.125. The standard InChI is InChI=1S/C8H4ClF2N3OS/c1-16-8-12-4-2(7(15)14-8)6(11)13-5(9)3(4)10/h1H3,(H,12,14,15). The van der Waals surface area contributed by atoms with Gasteiger partial charge in [-0.1, -0.05) is 23.4 Å². The van der Waals surface area contributed by atoms with Gasteiger partial charge < -0.3 is 4.98 Å². The van der Waals surface area contributed by atoms with Gasteiger partial charge in [-0.2, -0.15) is 4.39 Å². The number of fused-ring (bicyclic) bond motifs is 1. The van der Waals surface area contributed by atoms with Gasteiger partial charge in [0.05, 0.1) is 0 Å². The average Bonchev–Trinajstić information content (AvgIpc) is 2.24. The molecule has 1 N–H and O–H groups in total. The van der Waals surface area contributed by atoms with Gasteiger partial charge >= 0.3 is 0 Å². The first-order valence-corrected chi connectivity index (χ1v) is 5.63. The first-order chi connectivity index (χ1) is 7.54. The topological polar surface area (TPSA) is 58.6 Å². The minimum Gasteiger partial charge on any atom is -0.301 e. The summed E-state index contributed by atoms with van der Waals surface area (Å²) in [5, 5.41) is -0.993. The zero-order chi connectivity index (χ0) is 11.9. The summed E-state index contributed by atoms with van der Waals surface area (Å²) in [5.74, 6) is -2.14. The molecular weight excluding hydrogens is 260 g/mol. The lowest BCUT2D eigenvalue weighted by atomic mass is 10.3. The molecule has 2 heterocycles. The second-order valence-electron chi connectivity index (χ2n) is 2.81. The smallest absolute Gasteiger partial charge is 0.264 e. The summed E-state index contributed by atoms with van der Waals surface area (Å²) in [4.78, 5) is 20.6. The van der Waals surface area contributed by atoms with Crippen molar-refractivity contribution in [3.63, 3.8) is 0 Å². The number of nitrogens with zero attached hydrogens (tertiary/aromatic N) is 2. The van der Waals surface area contributed by atoms with Gasteiger partial charge in [-0.3, -0.25) is 4.79 Å². The van der Waals surface area contributed by atoms with Gasteiger partial charge in [0.2, 0.25) is 5.95 Å². The number of hydrogen-bond acceptors (Lipinski definition) is 4. The second kappa shape index (κ2) is 3.99. The van der Waals surface area contributed by atoms with E-state index < -0.39 is 33.4 Å². The molecule has 0 aliphatic heterocycles. The Morgan fingerprint density at radius 2 is 2.06 bits per heavy atom. The number of nitrogens with one attached hydrogen (secondary N) is 1. The van der Waals surface area contributed by atoms with E-state index in [1.54, 1.807) is 6.26 Å². The van der Waals surface area contributed by atoms with Gasteiger partial charge in [0.15, 0.2) is 16.1 Å². The van der Waals surface area contributed by atoms with Gasteiger partial charge in [0.1, 0.15) is 10.9 Å². The molecule has 0 aromatic carbocycles.